The molecule has 33 heavy (non-hydrogen) atoms. The molecule has 0 aliphatic rings. The zero-order valence-electron chi connectivity index (χ0n) is 19.1. The lowest BCUT2D eigenvalue weighted by Crippen LogP contribution is -2.47. The molecule has 1 N–H and O–H groups in total. The lowest BCUT2D eigenvalue weighted by atomic mass is 10.2. The normalized spacial score (nSPS) is 12.8. The van der Waals surface area contributed by atoms with Crippen molar-refractivity contribution in [3.63, 3.8) is 0 Å². The van der Waals surface area contributed by atoms with Crippen molar-refractivity contribution >= 4 is 34.0 Å². The van der Waals surface area contributed by atoms with Crippen LogP contribution in [-0.2, 0) is 26.3 Å². The molecule has 0 saturated carbocycles. The van der Waals surface area contributed by atoms with E-state index in [0.29, 0.717) is 11.3 Å². The van der Waals surface area contributed by atoms with Crippen molar-refractivity contribution in [1.29, 1.82) is 0 Å². The average Bonchev–Trinajstić information content (AvgIpc) is 3.04. The van der Waals surface area contributed by atoms with Gasteiger partial charge in [0.25, 0.3) is 0 Å². The molecule has 14 heteroatoms. The van der Waals surface area contributed by atoms with E-state index in [4.69, 9.17) is 21.1 Å². The minimum absolute atomic E-state index is 0.0290. The molecule has 182 valence electrons. The van der Waals surface area contributed by atoms with E-state index in [0.717, 1.165) is 0 Å². The second kappa shape index (κ2) is 10.0. The summed E-state index contributed by atoms with van der Waals surface area (Å²) in [5.74, 6) is -0.934. The van der Waals surface area contributed by atoms with E-state index < -0.39 is 34.0 Å². The largest absolute Gasteiger partial charge is 0.460 e. The van der Waals surface area contributed by atoms with Gasteiger partial charge in [-0.1, -0.05) is 0 Å². The molecule has 0 fully saturated rings. The minimum Gasteiger partial charge on any atom is -0.460 e. The first-order valence-electron chi connectivity index (χ1n) is 9.87. The van der Waals surface area contributed by atoms with Crippen LogP contribution in [0.15, 0.2) is 12.4 Å². The quantitative estimate of drug-likeness (QED) is 0.338. The maximum absolute atomic E-state index is 12.5. The molecule has 0 radical (unpaired) electrons. The zero-order chi connectivity index (χ0) is 25.1. The molecule has 2 aromatic rings. The Kier molecular flexibility index (Phi) is 8.04. The number of nitrogens with zero attached hydrogens (tertiary/aromatic N) is 5. The topological polar surface area (TPSA) is 154 Å². The van der Waals surface area contributed by atoms with Gasteiger partial charge in [0.15, 0.2) is 0 Å². The van der Waals surface area contributed by atoms with E-state index in [1.54, 1.807) is 34.6 Å². The van der Waals surface area contributed by atoms with Gasteiger partial charge < -0.3 is 14.0 Å². The Morgan fingerprint density at radius 2 is 1.94 bits per heavy atom. The highest BCUT2D eigenvalue weighted by Crippen LogP contribution is 2.23. The fourth-order valence-electron chi connectivity index (χ4n) is 2.87. The molecular weight excluding hydrogens is 478 g/mol. The molecule has 0 aliphatic heterocycles. The second-order valence-electron chi connectivity index (χ2n) is 8.10. The number of hydrogen-bond donors (Lipinski definition) is 1. The van der Waals surface area contributed by atoms with Crippen LogP contribution in [0.3, 0.4) is 0 Å². The van der Waals surface area contributed by atoms with Gasteiger partial charge in [0.2, 0.25) is 11.1 Å². The predicted molar refractivity (Wildman–Crippen MR) is 118 cm³/mol. The molecule has 2 heterocycles. The summed E-state index contributed by atoms with van der Waals surface area (Å²) in [5, 5.41) is -0.0290. The van der Waals surface area contributed by atoms with Crippen LogP contribution < -0.4 is 0 Å². The number of esters is 1. The van der Waals surface area contributed by atoms with Crippen LogP contribution >= 0.6 is 11.6 Å². The molecule has 0 spiro atoms. The van der Waals surface area contributed by atoms with Crippen molar-refractivity contribution in [3.05, 3.63) is 29.1 Å². The van der Waals surface area contributed by atoms with Crippen molar-refractivity contribution in [1.82, 2.24) is 23.8 Å². The Morgan fingerprint density at radius 1 is 1.30 bits per heavy atom. The number of hydrogen-bond acceptors (Lipinski definition) is 9. The predicted octanol–water partition coefficient (Wildman–Crippen LogP) is 2.91. The smallest absolute Gasteiger partial charge is 0.426 e. The van der Waals surface area contributed by atoms with Gasteiger partial charge >= 0.3 is 22.4 Å². The van der Waals surface area contributed by atoms with Gasteiger partial charge in [0.05, 0.1) is 18.3 Å². The van der Waals surface area contributed by atoms with Gasteiger partial charge in [0, 0.05) is 18.9 Å². The summed E-state index contributed by atoms with van der Waals surface area (Å²) in [6, 6.07) is -1.17. The van der Waals surface area contributed by atoms with E-state index >= 15 is 0 Å². The van der Waals surface area contributed by atoms with Gasteiger partial charge in [-0.05, 0) is 58.7 Å². The first-order valence-corrected chi connectivity index (χ1v) is 11.6. The SMILES string of the molecule is CCOC(=O)c1nc(-c2nc(Cl)ncc2C)cn1CC(C)N(C(=O)OC(C)(C)C)S(=O)(=O)O. The third kappa shape index (κ3) is 6.85. The summed E-state index contributed by atoms with van der Waals surface area (Å²) in [4.78, 5) is 37.3. The van der Waals surface area contributed by atoms with Crippen molar-refractivity contribution in [2.75, 3.05) is 6.61 Å². The number of aromatic nitrogens is 4. The molecule has 2 aromatic heterocycles. The summed E-state index contributed by atoms with van der Waals surface area (Å²) in [6.45, 7) is 9.17. The number of rotatable bonds is 7. The molecule has 12 nitrogen and oxygen atoms in total. The van der Waals surface area contributed by atoms with Crippen LogP contribution in [0.1, 0.15) is 50.8 Å². The molecule has 2 rings (SSSR count). The van der Waals surface area contributed by atoms with Gasteiger partial charge in [-0.15, -0.1) is 0 Å². The highest BCUT2D eigenvalue weighted by Gasteiger charge is 2.35. The third-order valence-electron chi connectivity index (χ3n) is 4.10. The zero-order valence-corrected chi connectivity index (χ0v) is 20.6. The Labute approximate surface area is 196 Å². The summed E-state index contributed by atoms with van der Waals surface area (Å²) >= 11 is 5.89. The molecule has 0 bridgehead atoms. The van der Waals surface area contributed by atoms with E-state index in [1.165, 1.54) is 23.9 Å². The van der Waals surface area contributed by atoms with Gasteiger partial charge in [0.1, 0.15) is 11.3 Å². The third-order valence-corrected chi connectivity index (χ3v) is 5.29. The van der Waals surface area contributed by atoms with Crippen LogP contribution in [0.2, 0.25) is 5.28 Å². The van der Waals surface area contributed by atoms with Crippen molar-refractivity contribution in [2.45, 2.75) is 59.7 Å². The minimum atomic E-state index is -4.99. The van der Waals surface area contributed by atoms with Crippen LogP contribution in [0.5, 0.6) is 0 Å². The van der Waals surface area contributed by atoms with Crippen molar-refractivity contribution in [2.24, 2.45) is 0 Å². The Balaban J connectivity index is 2.50. The van der Waals surface area contributed by atoms with E-state index in [9.17, 15) is 22.6 Å². The summed E-state index contributed by atoms with van der Waals surface area (Å²) in [6.07, 6.45) is 1.65. The summed E-state index contributed by atoms with van der Waals surface area (Å²) in [5.41, 5.74) is 0.219. The molecule has 0 saturated heterocycles. The first-order chi connectivity index (χ1) is 15.1. The maximum atomic E-state index is 12.5. The highest BCUT2D eigenvalue weighted by atomic mass is 35.5. The molecule has 0 aromatic carbocycles. The van der Waals surface area contributed by atoms with Crippen LogP contribution in [0.4, 0.5) is 4.79 Å². The number of carbonyl (C=O) groups is 2. The van der Waals surface area contributed by atoms with E-state index in [1.807, 2.05) is 0 Å². The Hall–Kier alpha value is -2.77. The molecule has 0 aliphatic carbocycles. The number of halogens is 1. The lowest BCUT2D eigenvalue weighted by Gasteiger charge is -2.29. The molecular formula is C19H26ClN5O7S. The van der Waals surface area contributed by atoms with E-state index in [2.05, 4.69) is 15.0 Å². The van der Waals surface area contributed by atoms with E-state index in [-0.39, 0.29) is 34.3 Å². The van der Waals surface area contributed by atoms with Gasteiger partial charge in [-0.2, -0.15) is 12.7 Å². The number of aryl methyl sites for hydroxylation is 1. The Bertz CT molecular complexity index is 1140. The lowest BCUT2D eigenvalue weighted by molar-refractivity contribution is 0.0323. The summed E-state index contributed by atoms with van der Waals surface area (Å²) in [7, 11) is -4.99. The van der Waals surface area contributed by atoms with Crippen molar-refractivity contribution in [3.8, 4) is 11.4 Å². The number of ether oxygens (including phenoxy) is 2. The number of imidazole rings is 1. The standard InChI is InChI=1S/C19H26ClN5O7S/c1-7-31-16(26)15-22-13(14-11(2)8-21-17(20)23-14)10-24(15)9-12(3)25(33(28,29)30)18(27)32-19(4,5)6/h8,10,12H,7,9H2,1-6H3,(H,28,29,30). The number of carbonyl (C=O) groups excluding carboxylic acids is 2. The van der Waals surface area contributed by atoms with Crippen molar-refractivity contribution < 1.29 is 32.0 Å². The first kappa shape index (κ1) is 26.5. The molecule has 1 amide bonds. The van der Waals surface area contributed by atoms with Crippen LogP contribution in [0, 0.1) is 6.92 Å². The maximum Gasteiger partial charge on any atom is 0.426 e. The van der Waals surface area contributed by atoms with Crippen LogP contribution in [-0.4, -0.2) is 67.1 Å². The Morgan fingerprint density at radius 3 is 2.48 bits per heavy atom. The highest BCUT2D eigenvalue weighted by molar-refractivity contribution is 7.84. The average molecular weight is 504 g/mol. The monoisotopic (exact) mass is 503 g/mol. The molecule has 1 atom stereocenters. The second-order valence-corrected chi connectivity index (χ2v) is 9.72. The van der Waals surface area contributed by atoms with Gasteiger partial charge in [-0.3, -0.25) is 4.55 Å². The van der Waals surface area contributed by atoms with Gasteiger partial charge in [-0.25, -0.2) is 24.5 Å². The van der Waals surface area contributed by atoms with Crippen LogP contribution in [0.25, 0.3) is 11.4 Å². The number of amides is 1. The fraction of sp³-hybridized carbons (Fsp3) is 0.526. The fourth-order valence-corrected chi connectivity index (χ4v) is 3.76. The summed E-state index contributed by atoms with van der Waals surface area (Å²) < 4.78 is 45.2. The molecule has 1 unspecified atom stereocenters.